The second kappa shape index (κ2) is 17.4. The van der Waals surface area contributed by atoms with Gasteiger partial charge in [-0.15, -0.1) is 0 Å². The normalized spacial score (nSPS) is 19.8. The third-order valence-electron chi connectivity index (χ3n) is 11.8. The minimum absolute atomic E-state index is 0.0860. The first kappa shape index (κ1) is 43.8. The molecule has 282 valence electrons. The van der Waals surface area contributed by atoms with Crippen molar-refractivity contribution in [2.45, 2.75) is 193 Å². The summed E-state index contributed by atoms with van der Waals surface area (Å²) in [4.78, 5) is 16.0. The molecule has 0 saturated carbocycles. The highest BCUT2D eigenvalue weighted by atomic mass is 28.4. The van der Waals surface area contributed by atoms with E-state index in [2.05, 4.69) is 130 Å². The average Bonchev–Trinajstić information content (AvgIpc) is 2.97. The van der Waals surface area contributed by atoms with E-state index in [-0.39, 0.29) is 10.6 Å². The summed E-state index contributed by atoms with van der Waals surface area (Å²) < 4.78 is 29.7. The Bertz CT molecular complexity index is 1180. The highest BCUT2D eigenvalue weighted by Gasteiger charge is 2.55. The van der Waals surface area contributed by atoms with Gasteiger partial charge in [-0.05, 0) is 62.0 Å². The lowest BCUT2D eigenvalue weighted by atomic mass is 10.0. The van der Waals surface area contributed by atoms with Crippen molar-refractivity contribution in [3.8, 4) is 0 Å². The molecule has 0 fully saturated rings. The summed E-state index contributed by atoms with van der Waals surface area (Å²) in [6.45, 7) is 41.7. The SMILES string of the molecule is CC(C)[Si](OCC1OC(c2ccncc2[N+](=O)[O-])=CC(O[Si](C(C)C)(C(C)C)C(C)C)C1O[Si](C(C)C)(C(C)C)C(C)C)(C(C)C)C(C)C. The van der Waals surface area contributed by atoms with E-state index in [4.69, 9.17) is 18.0 Å². The first-order chi connectivity index (χ1) is 22.5. The molecule has 11 heteroatoms. The molecule has 0 saturated heterocycles. The molecule has 1 aromatic rings. The number of aromatic nitrogens is 1. The molecule has 0 spiro atoms. The van der Waals surface area contributed by atoms with Gasteiger partial charge in [-0.2, -0.15) is 0 Å². The number of nitro groups is 1. The Morgan fingerprint density at radius 3 is 1.49 bits per heavy atom. The van der Waals surface area contributed by atoms with Crippen molar-refractivity contribution in [3.63, 3.8) is 0 Å². The summed E-state index contributed by atoms with van der Waals surface area (Å²) in [6, 6.07) is 1.68. The Morgan fingerprint density at radius 1 is 0.694 bits per heavy atom. The largest absolute Gasteiger partial charge is 0.485 e. The maximum Gasteiger partial charge on any atom is 0.298 e. The molecule has 1 aliphatic heterocycles. The molecule has 0 N–H and O–H groups in total. The van der Waals surface area contributed by atoms with Crippen molar-refractivity contribution in [2.24, 2.45) is 0 Å². The van der Waals surface area contributed by atoms with Gasteiger partial charge in [0.2, 0.25) is 25.0 Å². The van der Waals surface area contributed by atoms with Crippen molar-refractivity contribution < 1.29 is 22.9 Å². The van der Waals surface area contributed by atoms with Gasteiger partial charge in [0.05, 0.1) is 23.2 Å². The number of ether oxygens (including phenoxy) is 1. The van der Waals surface area contributed by atoms with Gasteiger partial charge < -0.3 is 18.0 Å². The van der Waals surface area contributed by atoms with Crippen LogP contribution >= 0.6 is 0 Å². The van der Waals surface area contributed by atoms with E-state index in [1.807, 2.05) is 6.08 Å². The Balaban J connectivity index is 3.02. The molecular weight excluding hydrogens is 665 g/mol. The fraction of sp³-hybridized carbons (Fsp3) is 0.816. The predicted molar refractivity (Wildman–Crippen MR) is 213 cm³/mol. The minimum Gasteiger partial charge on any atom is -0.485 e. The van der Waals surface area contributed by atoms with Crippen molar-refractivity contribution in [2.75, 3.05) is 6.61 Å². The quantitative estimate of drug-likeness (QED) is 0.0841. The summed E-state index contributed by atoms with van der Waals surface area (Å²) in [7, 11) is -7.24. The van der Waals surface area contributed by atoms with Gasteiger partial charge in [0.25, 0.3) is 5.69 Å². The topological polar surface area (TPSA) is 93.0 Å². The Labute approximate surface area is 303 Å². The van der Waals surface area contributed by atoms with Crippen molar-refractivity contribution >= 4 is 36.4 Å². The van der Waals surface area contributed by atoms with Gasteiger partial charge in [-0.1, -0.05) is 125 Å². The zero-order chi connectivity index (χ0) is 37.8. The summed E-state index contributed by atoms with van der Waals surface area (Å²) in [5.74, 6) is 0.448. The fourth-order valence-corrected chi connectivity index (χ4v) is 26.5. The smallest absolute Gasteiger partial charge is 0.298 e. The summed E-state index contributed by atoms with van der Waals surface area (Å²) >= 11 is 0. The van der Waals surface area contributed by atoms with Crippen LogP contribution in [0.3, 0.4) is 0 Å². The first-order valence-corrected chi connectivity index (χ1v) is 25.4. The van der Waals surface area contributed by atoms with Crippen LogP contribution in [0, 0.1) is 10.1 Å². The standard InChI is InChI=1S/C38H72N2O6Si3/c1-24(2)47(25(3)4,26(5)6)43-23-37-38(46-49(30(13)14,31(15)16)32(17)18)36(45-48(27(7)8,28(9)10)29(11)12)21-35(44-37)33-19-20-39-22-34(33)40(41)42/h19-22,24-32,36-38H,23H2,1-18H3. The van der Waals surface area contributed by atoms with Crippen LogP contribution in [0.4, 0.5) is 5.69 Å². The van der Waals surface area contributed by atoms with Crippen LogP contribution in [0.15, 0.2) is 24.5 Å². The summed E-state index contributed by atoms with van der Waals surface area (Å²) in [5, 5.41) is 12.3. The van der Waals surface area contributed by atoms with E-state index >= 15 is 0 Å². The average molecular weight is 737 g/mol. The molecule has 0 aliphatic carbocycles. The lowest BCUT2D eigenvalue weighted by molar-refractivity contribution is -0.385. The molecule has 49 heavy (non-hydrogen) atoms. The van der Waals surface area contributed by atoms with Crippen molar-refractivity contribution in [3.05, 3.63) is 40.2 Å². The molecule has 8 nitrogen and oxygen atoms in total. The van der Waals surface area contributed by atoms with Gasteiger partial charge in [0, 0.05) is 6.20 Å². The van der Waals surface area contributed by atoms with E-state index < -0.39 is 43.3 Å². The van der Waals surface area contributed by atoms with Gasteiger partial charge in [0.1, 0.15) is 24.2 Å². The zero-order valence-electron chi connectivity index (χ0n) is 34.3. The molecule has 0 radical (unpaired) electrons. The Hall–Kier alpha value is -1.38. The number of pyridine rings is 1. The van der Waals surface area contributed by atoms with Gasteiger partial charge in [0.15, 0.2) is 0 Å². The maximum absolute atomic E-state index is 12.3. The first-order valence-electron chi connectivity index (χ1n) is 19.0. The van der Waals surface area contributed by atoms with E-state index in [0.717, 1.165) is 0 Å². The van der Waals surface area contributed by atoms with Crippen molar-refractivity contribution in [1.29, 1.82) is 0 Å². The Morgan fingerprint density at radius 2 is 1.10 bits per heavy atom. The fourth-order valence-electron chi connectivity index (χ4n) is 10.0. The third-order valence-corrected chi connectivity index (χ3v) is 30.1. The van der Waals surface area contributed by atoms with Crippen LogP contribution in [-0.4, -0.2) is 59.8 Å². The highest BCUT2D eigenvalue weighted by Crippen LogP contribution is 2.49. The monoisotopic (exact) mass is 736 g/mol. The lowest BCUT2D eigenvalue weighted by Crippen LogP contribution is -2.61. The maximum atomic E-state index is 12.3. The van der Waals surface area contributed by atoms with E-state index in [9.17, 15) is 10.1 Å². The van der Waals surface area contributed by atoms with Gasteiger partial charge in [-0.25, -0.2) is 0 Å². The van der Waals surface area contributed by atoms with Crippen molar-refractivity contribution in [1.82, 2.24) is 4.98 Å². The Kier molecular flexibility index (Phi) is 15.6. The third kappa shape index (κ3) is 8.64. The highest BCUT2D eigenvalue weighted by molar-refractivity contribution is 6.78. The molecule has 0 aromatic carbocycles. The summed E-state index contributed by atoms with van der Waals surface area (Å²) in [6.07, 6.45) is 3.46. The van der Waals surface area contributed by atoms with Crippen LogP contribution in [-0.2, 0) is 18.0 Å². The van der Waals surface area contributed by atoms with Crippen LogP contribution in [0.25, 0.3) is 5.76 Å². The molecular formula is C38H72N2O6Si3. The zero-order valence-corrected chi connectivity index (χ0v) is 37.3. The number of nitrogens with zero attached hydrogens (tertiary/aromatic N) is 2. The second-order valence-corrected chi connectivity index (χ2v) is 33.5. The minimum atomic E-state index is -2.47. The van der Waals surface area contributed by atoms with E-state index in [1.165, 1.54) is 6.20 Å². The number of hydrogen-bond acceptors (Lipinski definition) is 7. The molecule has 3 atom stereocenters. The summed E-state index contributed by atoms with van der Waals surface area (Å²) in [5.41, 5.74) is 3.53. The van der Waals surface area contributed by atoms with E-state index in [1.54, 1.807) is 12.3 Å². The second-order valence-electron chi connectivity index (χ2n) is 17.3. The molecule has 3 unspecified atom stereocenters. The predicted octanol–water partition coefficient (Wildman–Crippen LogP) is 12.0. The molecule has 2 heterocycles. The molecule has 1 aliphatic rings. The number of rotatable bonds is 18. The lowest BCUT2D eigenvalue weighted by Gasteiger charge is -2.52. The molecule has 1 aromatic heterocycles. The van der Waals surface area contributed by atoms with Crippen LogP contribution in [0.2, 0.25) is 49.9 Å². The van der Waals surface area contributed by atoms with Gasteiger partial charge >= 0.3 is 0 Å². The molecule has 0 bridgehead atoms. The van der Waals surface area contributed by atoms with Crippen LogP contribution in [0.1, 0.15) is 130 Å². The molecule has 2 rings (SSSR count). The number of hydrogen-bond donors (Lipinski definition) is 0. The van der Waals surface area contributed by atoms with Crippen LogP contribution < -0.4 is 0 Å². The van der Waals surface area contributed by atoms with Gasteiger partial charge in [-0.3, -0.25) is 15.1 Å². The molecule has 0 amide bonds. The van der Waals surface area contributed by atoms with E-state index in [0.29, 0.717) is 67.8 Å². The van der Waals surface area contributed by atoms with Crippen LogP contribution in [0.5, 0.6) is 0 Å².